The predicted molar refractivity (Wildman–Crippen MR) is 30.0 cm³/mol. The Morgan fingerprint density at radius 3 is 2.50 bits per heavy atom. The van der Waals surface area contributed by atoms with E-state index in [1.807, 2.05) is 0 Å². The fourth-order valence-electron chi connectivity index (χ4n) is 0.189. The Labute approximate surface area is 73.6 Å². The molecule has 0 aliphatic rings. The summed E-state index contributed by atoms with van der Waals surface area (Å²) in [5.41, 5.74) is 5.48. The van der Waals surface area contributed by atoms with E-state index in [9.17, 15) is 0 Å². The quantitative estimate of drug-likeness (QED) is 0.570. The minimum Gasteiger partial charge on any atom is -0.596 e. The second kappa shape index (κ2) is 7.42. The van der Waals surface area contributed by atoms with Gasteiger partial charge in [0.05, 0.1) is 0 Å². The Kier molecular flexibility index (Phi) is 10.4. The van der Waals surface area contributed by atoms with Crippen LogP contribution in [0.2, 0.25) is 0 Å². The van der Waals surface area contributed by atoms with Gasteiger partial charge < -0.3 is 17.3 Å². The molecule has 0 atom stereocenters. The largest absolute Gasteiger partial charge is 2.00 e. The van der Waals surface area contributed by atoms with Gasteiger partial charge in [-0.25, -0.2) is 0 Å². The summed E-state index contributed by atoms with van der Waals surface area (Å²) < 4.78 is 0. The van der Waals surface area contributed by atoms with Crippen LogP contribution in [0.1, 0.15) is 6.92 Å². The zero-order valence-electron chi connectivity index (χ0n) is 4.81. The molecule has 8 heavy (non-hydrogen) atoms. The van der Waals surface area contributed by atoms with E-state index in [0.717, 1.165) is 0 Å². The molecular weight excluding hydrogens is 326 g/mol. The standard InChI is InChI=1S/C5H8N2.U/c1-3-7-5(2)4-6;/h2H,4,6H2,1H3;/q-2;+2. The number of rotatable bonds is 2. The van der Waals surface area contributed by atoms with E-state index in [0.29, 0.717) is 12.2 Å². The van der Waals surface area contributed by atoms with Gasteiger partial charge >= 0.3 is 31.1 Å². The van der Waals surface area contributed by atoms with Gasteiger partial charge in [0.15, 0.2) is 0 Å². The molecule has 0 rings (SSSR count). The van der Waals surface area contributed by atoms with Crippen molar-refractivity contribution in [2.24, 2.45) is 10.7 Å². The first-order valence-corrected chi connectivity index (χ1v) is 2.00. The third kappa shape index (κ3) is 6.42. The summed E-state index contributed by atoms with van der Waals surface area (Å²) in [6, 6.07) is 0. The van der Waals surface area contributed by atoms with E-state index in [2.05, 4.69) is 11.2 Å². The molecule has 0 unspecified atom stereocenters. The molecule has 42 valence electrons. The maximum Gasteiger partial charge on any atom is 2.00 e. The van der Waals surface area contributed by atoms with Crippen LogP contribution in [-0.2, 0) is 0 Å². The second-order valence-electron chi connectivity index (χ2n) is 1.03. The van der Waals surface area contributed by atoms with Crippen LogP contribution < -0.4 is 5.73 Å². The first kappa shape index (κ1) is 11.2. The second-order valence-corrected chi connectivity index (χ2v) is 1.03. The molecule has 0 saturated carbocycles. The summed E-state index contributed by atoms with van der Waals surface area (Å²) in [5.74, 6) is 0. The van der Waals surface area contributed by atoms with Gasteiger partial charge in [-0.2, -0.15) is 6.21 Å². The normalized spacial score (nSPS) is 8.75. The van der Waals surface area contributed by atoms with E-state index in [4.69, 9.17) is 12.3 Å². The molecule has 0 fully saturated rings. The number of nitrogens with zero attached hydrogens (tertiary/aromatic N) is 1. The molecular formula is C5H8N2U. The molecule has 0 aromatic rings. The molecule has 0 aliphatic heterocycles. The van der Waals surface area contributed by atoms with Crippen LogP contribution >= 0.6 is 0 Å². The fourth-order valence-corrected chi connectivity index (χ4v) is 0.189. The first-order valence-electron chi connectivity index (χ1n) is 2.00. The molecule has 0 aromatic carbocycles. The van der Waals surface area contributed by atoms with Gasteiger partial charge in [0.25, 0.3) is 0 Å². The topological polar surface area (TPSA) is 38.4 Å². The van der Waals surface area contributed by atoms with Gasteiger partial charge in [0.2, 0.25) is 0 Å². The Morgan fingerprint density at radius 1 is 1.88 bits per heavy atom. The van der Waals surface area contributed by atoms with Crippen LogP contribution in [0.4, 0.5) is 0 Å². The first-order chi connectivity index (χ1) is 3.31. The van der Waals surface area contributed by atoms with Crippen molar-refractivity contribution in [1.82, 2.24) is 0 Å². The zero-order chi connectivity index (χ0) is 5.70. The van der Waals surface area contributed by atoms with Crippen molar-refractivity contribution in [1.29, 1.82) is 0 Å². The minimum absolute atomic E-state index is 0. The van der Waals surface area contributed by atoms with Crippen molar-refractivity contribution in [2.75, 3.05) is 6.54 Å². The Hall–Kier alpha value is 0.422. The molecule has 0 heterocycles. The summed E-state index contributed by atoms with van der Waals surface area (Å²) >= 11 is 0. The van der Waals surface area contributed by atoms with Crippen LogP contribution in [0.3, 0.4) is 0 Å². The van der Waals surface area contributed by atoms with Gasteiger partial charge in [0.1, 0.15) is 0 Å². The van der Waals surface area contributed by atoms with Crippen LogP contribution in [0, 0.1) is 37.7 Å². The molecule has 0 aromatic heterocycles. The smallest absolute Gasteiger partial charge is 0.596 e. The van der Waals surface area contributed by atoms with Crippen molar-refractivity contribution in [2.45, 2.75) is 6.92 Å². The zero-order valence-corrected chi connectivity index (χ0v) is 8.97. The van der Waals surface area contributed by atoms with Gasteiger partial charge in [-0.15, -0.1) is 6.92 Å². The third-order valence-electron chi connectivity index (χ3n) is 0.465. The molecule has 0 amide bonds. The molecule has 2 N–H and O–H groups in total. The molecule has 0 radical (unpaired) electrons. The van der Waals surface area contributed by atoms with Crippen molar-refractivity contribution >= 4 is 6.21 Å². The van der Waals surface area contributed by atoms with Gasteiger partial charge in [0, 0.05) is 0 Å². The third-order valence-corrected chi connectivity index (χ3v) is 0.465. The van der Waals surface area contributed by atoms with Crippen molar-refractivity contribution in [3.05, 3.63) is 12.3 Å². The van der Waals surface area contributed by atoms with Gasteiger partial charge in [-0.3, -0.25) is 5.70 Å². The molecule has 3 heteroatoms. The maximum atomic E-state index is 5.15. The maximum absolute atomic E-state index is 5.15. The van der Waals surface area contributed by atoms with E-state index in [1.54, 1.807) is 6.92 Å². The van der Waals surface area contributed by atoms with E-state index >= 15 is 0 Å². The number of hydrogen-bond donors (Lipinski definition) is 1. The average molecular weight is 334 g/mol. The summed E-state index contributed by atoms with van der Waals surface area (Å²) in [5, 5.41) is 0. The van der Waals surface area contributed by atoms with Crippen LogP contribution in [-0.4, -0.2) is 12.8 Å². The fraction of sp³-hybridized carbons (Fsp3) is 0.400. The number of aliphatic imine (C=N–C) groups is 1. The summed E-state index contributed by atoms with van der Waals surface area (Å²) in [6.45, 7) is 7.12. The molecule has 0 bridgehead atoms. The molecule has 0 spiro atoms. The minimum atomic E-state index is 0. The summed E-state index contributed by atoms with van der Waals surface area (Å²) in [7, 11) is 0. The molecule has 0 aliphatic carbocycles. The predicted octanol–water partition coefficient (Wildman–Crippen LogP) is 0.230. The monoisotopic (exact) mass is 334 g/mol. The number of nitrogens with two attached hydrogens (primary N) is 1. The van der Waals surface area contributed by atoms with Gasteiger partial charge in [-0.05, 0) is 0 Å². The van der Waals surface area contributed by atoms with E-state index in [-0.39, 0.29) is 31.1 Å². The van der Waals surface area contributed by atoms with Gasteiger partial charge in [-0.1, -0.05) is 6.54 Å². The van der Waals surface area contributed by atoms with E-state index in [1.165, 1.54) is 0 Å². The van der Waals surface area contributed by atoms with Crippen LogP contribution in [0.25, 0.3) is 0 Å². The van der Waals surface area contributed by atoms with Crippen LogP contribution in [0.15, 0.2) is 10.7 Å². The average Bonchev–Trinajstić information content (AvgIpc) is 1.68. The molecule has 2 nitrogen and oxygen atoms in total. The summed E-state index contributed by atoms with van der Waals surface area (Å²) in [6.07, 6.45) is 2.50. The van der Waals surface area contributed by atoms with Crippen molar-refractivity contribution in [3.8, 4) is 0 Å². The Balaban J connectivity index is 0. The van der Waals surface area contributed by atoms with Crippen molar-refractivity contribution in [3.63, 3.8) is 0 Å². The number of hydrogen-bond acceptors (Lipinski definition) is 2. The SMILES string of the molecule is [CH-]=C(CN)N=[C-]C.[U+2]. The van der Waals surface area contributed by atoms with Crippen LogP contribution in [0.5, 0.6) is 0 Å². The Bertz CT molecular complexity index is 88.4. The van der Waals surface area contributed by atoms with Crippen molar-refractivity contribution < 1.29 is 31.1 Å². The Morgan fingerprint density at radius 2 is 2.38 bits per heavy atom. The summed E-state index contributed by atoms with van der Waals surface area (Å²) in [4.78, 5) is 3.56. The molecule has 0 saturated heterocycles. The van der Waals surface area contributed by atoms with E-state index < -0.39 is 0 Å².